The van der Waals surface area contributed by atoms with E-state index in [1.807, 2.05) is 6.07 Å². The van der Waals surface area contributed by atoms with Crippen molar-refractivity contribution in [1.29, 1.82) is 0 Å². The Kier molecular flexibility index (Phi) is 14.0. The lowest BCUT2D eigenvalue weighted by atomic mass is 9.81. The maximum absolute atomic E-state index is 13.4. The molecule has 4 aromatic carbocycles. The Labute approximate surface area is 315 Å². The van der Waals surface area contributed by atoms with Crippen LogP contribution >= 0.6 is 10.7 Å². The Balaban J connectivity index is 0.000000212. The number of fused-ring (bicyclic) bond motifs is 2. The summed E-state index contributed by atoms with van der Waals surface area (Å²) < 4.78 is 119. The normalized spacial score (nSPS) is 17.2. The Bertz CT molecular complexity index is 2380. The molecule has 2 atom stereocenters. The SMILES string of the molecule is CS(=O)(=O)CC[C@@H]1CCCc2cc(S(=O)(=O)c3cccc(F)c3)ccc21.CS(=O)(=O)Cl.NC[C@@H]1CCCc2cc(S(=O)(=O)c3cccc(F)c3)ccc21. The summed E-state index contributed by atoms with van der Waals surface area (Å²) in [7, 11) is -9.20. The van der Waals surface area contributed by atoms with Gasteiger partial charge in [0.05, 0.1) is 31.6 Å². The van der Waals surface area contributed by atoms with Crippen LogP contribution in [-0.4, -0.2) is 58.5 Å². The molecule has 2 aliphatic rings. The smallest absolute Gasteiger partial charge is 0.229 e. The molecule has 0 saturated carbocycles. The van der Waals surface area contributed by atoms with Crippen molar-refractivity contribution in [2.45, 2.75) is 76.4 Å². The first-order valence-electron chi connectivity index (χ1n) is 16.7. The summed E-state index contributed by atoms with van der Waals surface area (Å²) in [5.41, 5.74) is 9.94. The van der Waals surface area contributed by atoms with Crippen LogP contribution in [0.1, 0.15) is 66.2 Å². The zero-order chi connectivity index (χ0) is 39.2. The van der Waals surface area contributed by atoms with Crippen LogP contribution in [0.5, 0.6) is 0 Å². The van der Waals surface area contributed by atoms with Gasteiger partial charge < -0.3 is 5.73 Å². The standard InChI is InChI=1S/C19H21FO4S2.C17H18FNO2S.CH3ClO2S/c1-25(21,22)11-10-14-4-2-5-15-12-18(8-9-19(14)15)26(23,24)17-7-3-6-16(20)13-17;18-14-5-2-6-15(10-14)22(20,21)16-7-8-17-12(9-16)3-1-4-13(17)11-19;1-5(2,3)4/h3,6-9,12-14H,2,4-5,10-11H2,1H3;2,5-10,13H,1,3-4,11,19H2;1H3/t14-;13-;/m00./s1. The summed E-state index contributed by atoms with van der Waals surface area (Å²) in [5.74, 6) is -0.596. The maximum Gasteiger partial charge on any atom is 0.229 e. The summed E-state index contributed by atoms with van der Waals surface area (Å²) in [4.78, 5) is 0.278. The topological polar surface area (TPSA) is 163 Å². The second-order valence-corrected chi connectivity index (χ2v) is 22.4. The van der Waals surface area contributed by atoms with Crippen molar-refractivity contribution in [2.24, 2.45) is 5.73 Å². The molecule has 0 fully saturated rings. The number of halogens is 3. The second kappa shape index (κ2) is 17.5. The van der Waals surface area contributed by atoms with Gasteiger partial charge in [-0.05, 0) is 146 Å². The molecule has 0 unspecified atom stereocenters. The minimum atomic E-state index is -3.78. The van der Waals surface area contributed by atoms with Gasteiger partial charge in [0.25, 0.3) is 0 Å². The van der Waals surface area contributed by atoms with E-state index in [4.69, 9.17) is 5.73 Å². The number of benzene rings is 4. The molecule has 2 aliphatic carbocycles. The fourth-order valence-electron chi connectivity index (χ4n) is 6.56. The van der Waals surface area contributed by atoms with Gasteiger partial charge in [-0.3, -0.25) is 0 Å². The molecule has 0 bridgehead atoms. The van der Waals surface area contributed by atoms with Crippen molar-refractivity contribution in [3.8, 4) is 0 Å². The molecule has 53 heavy (non-hydrogen) atoms. The minimum absolute atomic E-state index is 0.0152. The molecule has 0 radical (unpaired) electrons. The molecular formula is C37H42ClF2NO8S4. The van der Waals surface area contributed by atoms with Crippen LogP contribution in [0.15, 0.2) is 105 Å². The quantitative estimate of drug-likeness (QED) is 0.190. The molecule has 0 amide bonds. The van der Waals surface area contributed by atoms with Crippen LogP contribution in [0.4, 0.5) is 8.78 Å². The van der Waals surface area contributed by atoms with Crippen molar-refractivity contribution in [1.82, 2.24) is 0 Å². The first kappa shape index (κ1) is 42.5. The third-order valence-electron chi connectivity index (χ3n) is 9.06. The second-order valence-electron chi connectivity index (χ2n) is 13.2. The summed E-state index contributed by atoms with van der Waals surface area (Å²) >= 11 is 0. The molecule has 6 rings (SSSR count). The van der Waals surface area contributed by atoms with Crippen molar-refractivity contribution in [3.63, 3.8) is 0 Å². The lowest BCUT2D eigenvalue weighted by Gasteiger charge is -2.26. The molecule has 0 heterocycles. The highest BCUT2D eigenvalue weighted by Crippen LogP contribution is 2.37. The fourth-order valence-corrected chi connectivity index (χ4v) is 9.96. The average Bonchev–Trinajstić information content (AvgIpc) is 3.09. The lowest BCUT2D eigenvalue weighted by molar-refractivity contribution is 0.531. The van der Waals surface area contributed by atoms with E-state index >= 15 is 0 Å². The van der Waals surface area contributed by atoms with Gasteiger partial charge in [-0.15, -0.1) is 0 Å². The van der Waals surface area contributed by atoms with Gasteiger partial charge in [0, 0.05) is 16.9 Å². The van der Waals surface area contributed by atoms with Gasteiger partial charge in [0.1, 0.15) is 21.5 Å². The summed E-state index contributed by atoms with van der Waals surface area (Å²) in [6, 6.07) is 20.3. The van der Waals surface area contributed by atoms with Crippen LogP contribution in [-0.2, 0) is 51.4 Å². The van der Waals surface area contributed by atoms with E-state index in [0.717, 1.165) is 79.2 Å². The van der Waals surface area contributed by atoms with Gasteiger partial charge in [0.15, 0.2) is 0 Å². The molecule has 0 saturated heterocycles. The van der Waals surface area contributed by atoms with E-state index in [-0.39, 0.29) is 31.3 Å². The Hall–Kier alpha value is -3.21. The van der Waals surface area contributed by atoms with Crippen LogP contribution in [0, 0.1) is 11.6 Å². The summed E-state index contributed by atoms with van der Waals surface area (Å²) in [6.45, 7) is 0.572. The van der Waals surface area contributed by atoms with Crippen molar-refractivity contribution in [2.75, 3.05) is 24.8 Å². The third-order valence-corrected chi connectivity index (χ3v) is 13.5. The monoisotopic (exact) mass is 829 g/mol. The molecule has 0 spiro atoms. The summed E-state index contributed by atoms with van der Waals surface area (Å²) in [5, 5.41) is 0. The Morgan fingerprint density at radius 3 is 1.42 bits per heavy atom. The molecule has 2 N–H and O–H groups in total. The van der Waals surface area contributed by atoms with E-state index in [1.165, 1.54) is 48.7 Å². The van der Waals surface area contributed by atoms with Gasteiger partial charge in [0.2, 0.25) is 28.7 Å². The van der Waals surface area contributed by atoms with Gasteiger partial charge in [-0.2, -0.15) is 0 Å². The van der Waals surface area contributed by atoms with Gasteiger partial charge in [-0.1, -0.05) is 24.3 Å². The highest BCUT2D eigenvalue weighted by Gasteiger charge is 2.26. The number of sulfone groups is 3. The maximum atomic E-state index is 13.4. The molecule has 288 valence electrons. The molecular weight excluding hydrogens is 788 g/mol. The van der Waals surface area contributed by atoms with Gasteiger partial charge >= 0.3 is 0 Å². The summed E-state index contributed by atoms with van der Waals surface area (Å²) in [6.07, 6.45) is 8.17. The number of hydrogen-bond donors (Lipinski definition) is 1. The van der Waals surface area contributed by atoms with E-state index < -0.39 is 50.2 Å². The molecule has 4 aromatic rings. The van der Waals surface area contributed by atoms with Crippen LogP contribution < -0.4 is 5.73 Å². The third kappa shape index (κ3) is 11.9. The van der Waals surface area contributed by atoms with Crippen molar-refractivity contribution < 1.29 is 42.5 Å². The fraction of sp³-hybridized carbons (Fsp3) is 0.351. The number of hydrogen-bond acceptors (Lipinski definition) is 9. The number of rotatable bonds is 8. The van der Waals surface area contributed by atoms with E-state index in [9.17, 15) is 42.5 Å². The molecule has 0 aromatic heterocycles. The number of nitrogens with two attached hydrogens (primary N) is 1. The number of aryl methyl sites for hydroxylation is 2. The van der Waals surface area contributed by atoms with Crippen molar-refractivity contribution >= 4 is 49.2 Å². The first-order valence-corrected chi connectivity index (χ1v) is 24.5. The average molecular weight is 830 g/mol. The predicted octanol–water partition coefficient (Wildman–Crippen LogP) is 6.74. The van der Waals surface area contributed by atoms with Gasteiger partial charge in [-0.25, -0.2) is 42.5 Å². The van der Waals surface area contributed by atoms with E-state index in [1.54, 1.807) is 24.3 Å². The van der Waals surface area contributed by atoms with Crippen LogP contribution in [0.3, 0.4) is 0 Å². The Morgan fingerprint density at radius 2 is 1.02 bits per heavy atom. The van der Waals surface area contributed by atoms with Crippen LogP contribution in [0.25, 0.3) is 0 Å². The lowest BCUT2D eigenvalue weighted by Crippen LogP contribution is -2.18. The van der Waals surface area contributed by atoms with E-state index in [2.05, 4.69) is 10.7 Å². The predicted molar refractivity (Wildman–Crippen MR) is 202 cm³/mol. The largest absolute Gasteiger partial charge is 0.330 e. The first-order chi connectivity index (χ1) is 24.7. The zero-order valence-electron chi connectivity index (χ0n) is 29.2. The molecule has 0 aliphatic heterocycles. The molecule has 9 nitrogen and oxygen atoms in total. The zero-order valence-corrected chi connectivity index (χ0v) is 33.2. The van der Waals surface area contributed by atoms with Crippen molar-refractivity contribution in [3.05, 3.63) is 119 Å². The molecule has 16 heteroatoms. The van der Waals surface area contributed by atoms with Crippen LogP contribution in [0.2, 0.25) is 0 Å². The highest BCUT2D eigenvalue weighted by molar-refractivity contribution is 8.13. The Morgan fingerprint density at radius 1 is 0.623 bits per heavy atom. The highest BCUT2D eigenvalue weighted by atomic mass is 35.7. The van der Waals surface area contributed by atoms with E-state index in [0.29, 0.717) is 18.9 Å². The minimum Gasteiger partial charge on any atom is -0.330 e.